The summed E-state index contributed by atoms with van der Waals surface area (Å²) in [5, 5.41) is 0.480. The lowest BCUT2D eigenvalue weighted by atomic mass is 10.2. The largest absolute Gasteiger partial charge is 0.455 e. The third-order valence-electron chi connectivity index (χ3n) is 2.25. The maximum Gasteiger partial charge on any atom is 0.148 e. The van der Waals surface area contributed by atoms with Crippen LogP contribution < -0.4 is 4.74 Å². The lowest BCUT2D eigenvalue weighted by Gasteiger charge is -2.08. The third kappa shape index (κ3) is 2.52. The molecule has 3 heteroatoms. The Bertz CT molecular complexity index is 494. The quantitative estimate of drug-likeness (QED) is 0.728. The fraction of sp³-hybridized carbons (Fsp3) is 0.154. The molecule has 0 bridgehead atoms. The molecule has 2 nitrogen and oxygen atoms in total. The molecule has 0 saturated heterocycles. The summed E-state index contributed by atoms with van der Waals surface area (Å²) in [5.74, 6) is 1.53. The molecule has 0 aliphatic carbocycles. The zero-order valence-electron chi connectivity index (χ0n) is 9.20. The van der Waals surface area contributed by atoms with Crippen LogP contribution in [0.2, 0.25) is 5.15 Å². The smallest absolute Gasteiger partial charge is 0.148 e. The number of rotatable bonds is 2. The molecule has 0 spiro atoms. The molecule has 82 valence electrons. The SMILES string of the molecule is Cc1ccc(Oc2ccc(Cl)nc2C)cc1. The molecular formula is C13H12ClNO. The number of hydrogen-bond acceptors (Lipinski definition) is 2. The number of hydrogen-bond donors (Lipinski definition) is 0. The summed E-state index contributed by atoms with van der Waals surface area (Å²) in [6.07, 6.45) is 0. The molecule has 1 aromatic heterocycles. The van der Waals surface area contributed by atoms with Gasteiger partial charge >= 0.3 is 0 Å². The average Bonchev–Trinajstić information content (AvgIpc) is 2.25. The molecule has 16 heavy (non-hydrogen) atoms. The molecule has 0 radical (unpaired) electrons. The first-order chi connectivity index (χ1) is 7.65. The van der Waals surface area contributed by atoms with Crippen LogP contribution in [0.1, 0.15) is 11.3 Å². The number of ether oxygens (including phenoxy) is 1. The minimum atomic E-state index is 0.480. The van der Waals surface area contributed by atoms with E-state index in [0.717, 1.165) is 17.2 Å². The molecule has 0 N–H and O–H groups in total. The number of halogens is 1. The standard InChI is InChI=1S/C13H12ClNO/c1-9-3-5-11(6-4-9)16-12-7-8-13(14)15-10(12)2/h3-8H,1-2H3. The first kappa shape index (κ1) is 11.0. The van der Waals surface area contributed by atoms with Crippen molar-refractivity contribution < 1.29 is 4.74 Å². The van der Waals surface area contributed by atoms with E-state index >= 15 is 0 Å². The second-order valence-electron chi connectivity index (χ2n) is 3.63. The fourth-order valence-corrected chi connectivity index (χ4v) is 1.55. The van der Waals surface area contributed by atoms with Crippen LogP contribution in [0.3, 0.4) is 0 Å². The van der Waals surface area contributed by atoms with Crippen molar-refractivity contribution in [1.29, 1.82) is 0 Å². The van der Waals surface area contributed by atoms with E-state index in [1.54, 1.807) is 6.07 Å². The van der Waals surface area contributed by atoms with Gasteiger partial charge in [-0.05, 0) is 38.1 Å². The van der Waals surface area contributed by atoms with E-state index in [1.807, 2.05) is 44.2 Å². The summed E-state index contributed by atoms with van der Waals surface area (Å²) >= 11 is 5.77. The number of aromatic nitrogens is 1. The number of benzene rings is 1. The molecule has 0 saturated carbocycles. The fourth-order valence-electron chi connectivity index (χ4n) is 1.36. The molecule has 0 unspecified atom stereocenters. The van der Waals surface area contributed by atoms with Crippen LogP contribution in [-0.2, 0) is 0 Å². The summed E-state index contributed by atoms with van der Waals surface area (Å²) in [5.41, 5.74) is 1.99. The maximum atomic E-state index is 5.77. The van der Waals surface area contributed by atoms with E-state index in [2.05, 4.69) is 4.98 Å². The van der Waals surface area contributed by atoms with Crippen LogP contribution >= 0.6 is 11.6 Å². The Morgan fingerprint density at radius 2 is 1.69 bits per heavy atom. The van der Waals surface area contributed by atoms with Gasteiger partial charge in [0, 0.05) is 0 Å². The van der Waals surface area contributed by atoms with Gasteiger partial charge in [-0.1, -0.05) is 29.3 Å². The topological polar surface area (TPSA) is 22.1 Å². The van der Waals surface area contributed by atoms with Gasteiger partial charge in [-0.2, -0.15) is 0 Å². The Balaban J connectivity index is 2.23. The molecule has 2 rings (SSSR count). The van der Waals surface area contributed by atoms with Crippen molar-refractivity contribution in [3.8, 4) is 11.5 Å². The second-order valence-corrected chi connectivity index (χ2v) is 4.02. The predicted molar refractivity (Wildman–Crippen MR) is 65.2 cm³/mol. The van der Waals surface area contributed by atoms with Crippen molar-refractivity contribution >= 4 is 11.6 Å². The summed E-state index contributed by atoms with van der Waals surface area (Å²) in [4.78, 5) is 4.13. The molecular weight excluding hydrogens is 222 g/mol. The van der Waals surface area contributed by atoms with E-state index in [1.165, 1.54) is 5.56 Å². The highest BCUT2D eigenvalue weighted by molar-refractivity contribution is 6.29. The van der Waals surface area contributed by atoms with Gasteiger partial charge in [0.15, 0.2) is 0 Å². The van der Waals surface area contributed by atoms with Crippen molar-refractivity contribution in [3.63, 3.8) is 0 Å². The van der Waals surface area contributed by atoms with Gasteiger partial charge in [0.05, 0.1) is 5.69 Å². The van der Waals surface area contributed by atoms with E-state index in [-0.39, 0.29) is 0 Å². The lowest BCUT2D eigenvalue weighted by Crippen LogP contribution is -1.90. The minimum Gasteiger partial charge on any atom is -0.455 e. The van der Waals surface area contributed by atoms with Crippen LogP contribution in [0.25, 0.3) is 0 Å². The Labute approximate surface area is 99.9 Å². The Morgan fingerprint density at radius 1 is 1.00 bits per heavy atom. The zero-order chi connectivity index (χ0) is 11.5. The summed E-state index contributed by atoms with van der Waals surface area (Å²) in [6.45, 7) is 3.91. The van der Waals surface area contributed by atoms with Gasteiger partial charge in [0.25, 0.3) is 0 Å². The molecule has 0 fully saturated rings. The van der Waals surface area contributed by atoms with Crippen LogP contribution in [-0.4, -0.2) is 4.98 Å². The normalized spacial score (nSPS) is 10.2. The van der Waals surface area contributed by atoms with E-state index in [4.69, 9.17) is 16.3 Å². The number of pyridine rings is 1. The molecule has 0 aliphatic heterocycles. The van der Waals surface area contributed by atoms with Gasteiger partial charge < -0.3 is 4.74 Å². The van der Waals surface area contributed by atoms with Gasteiger partial charge in [-0.25, -0.2) is 4.98 Å². The Hall–Kier alpha value is -1.54. The number of nitrogens with zero attached hydrogens (tertiary/aromatic N) is 1. The summed E-state index contributed by atoms with van der Waals surface area (Å²) in [7, 11) is 0. The van der Waals surface area contributed by atoms with Crippen molar-refractivity contribution in [1.82, 2.24) is 4.98 Å². The zero-order valence-corrected chi connectivity index (χ0v) is 9.95. The second kappa shape index (κ2) is 4.54. The molecule has 1 aromatic carbocycles. The van der Waals surface area contributed by atoms with Gasteiger partial charge in [0.1, 0.15) is 16.7 Å². The van der Waals surface area contributed by atoms with Crippen LogP contribution in [0.5, 0.6) is 11.5 Å². The van der Waals surface area contributed by atoms with Crippen LogP contribution in [0, 0.1) is 13.8 Å². The van der Waals surface area contributed by atoms with Crippen LogP contribution in [0.4, 0.5) is 0 Å². The van der Waals surface area contributed by atoms with E-state index in [9.17, 15) is 0 Å². The van der Waals surface area contributed by atoms with Gasteiger partial charge in [-0.15, -0.1) is 0 Å². The van der Waals surface area contributed by atoms with Gasteiger partial charge in [0.2, 0.25) is 0 Å². The Morgan fingerprint density at radius 3 is 2.31 bits per heavy atom. The highest BCUT2D eigenvalue weighted by Gasteiger charge is 2.03. The van der Waals surface area contributed by atoms with Crippen molar-refractivity contribution in [3.05, 3.63) is 52.8 Å². The van der Waals surface area contributed by atoms with E-state index in [0.29, 0.717) is 5.15 Å². The first-order valence-corrected chi connectivity index (χ1v) is 5.40. The summed E-state index contributed by atoms with van der Waals surface area (Å²) in [6, 6.07) is 11.4. The maximum absolute atomic E-state index is 5.77. The lowest BCUT2D eigenvalue weighted by molar-refractivity contribution is 0.475. The molecule has 0 aliphatic rings. The molecule has 0 atom stereocenters. The van der Waals surface area contributed by atoms with Crippen molar-refractivity contribution in [2.75, 3.05) is 0 Å². The minimum absolute atomic E-state index is 0.480. The molecule has 0 amide bonds. The van der Waals surface area contributed by atoms with Crippen LogP contribution in [0.15, 0.2) is 36.4 Å². The predicted octanol–water partition coefficient (Wildman–Crippen LogP) is 4.14. The number of aryl methyl sites for hydroxylation is 2. The summed E-state index contributed by atoms with van der Waals surface area (Å²) < 4.78 is 5.70. The van der Waals surface area contributed by atoms with E-state index < -0.39 is 0 Å². The third-order valence-corrected chi connectivity index (χ3v) is 2.46. The highest BCUT2D eigenvalue weighted by Crippen LogP contribution is 2.25. The monoisotopic (exact) mass is 233 g/mol. The highest BCUT2D eigenvalue weighted by atomic mass is 35.5. The molecule has 1 heterocycles. The Kier molecular flexibility index (Phi) is 3.11. The molecule has 2 aromatic rings. The van der Waals surface area contributed by atoms with Gasteiger partial charge in [-0.3, -0.25) is 0 Å². The van der Waals surface area contributed by atoms with Crippen molar-refractivity contribution in [2.24, 2.45) is 0 Å². The van der Waals surface area contributed by atoms with Crippen molar-refractivity contribution in [2.45, 2.75) is 13.8 Å². The first-order valence-electron chi connectivity index (χ1n) is 5.03. The average molecular weight is 234 g/mol.